The van der Waals surface area contributed by atoms with E-state index in [0.717, 1.165) is 11.1 Å². The number of amides is 1. The monoisotopic (exact) mass is 448 g/mol. The van der Waals surface area contributed by atoms with Gasteiger partial charge in [-0.25, -0.2) is 4.39 Å². The van der Waals surface area contributed by atoms with E-state index in [4.69, 9.17) is 16.3 Å². The molecule has 0 aliphatic heterocycles. The Hall–Kier alpha value is -3.62. The van der Waals surface area contributed by atoms with Crippen molar-refractivity contribution in [3.8, 4) is 11.8 Å². The van der Waals surface area contributed by atoms with Crippen molar-refractivity contribution in [1.29, 1.82) is 5.26 Å². The minimum Gasteiger partial charge on any atom is -0.494 e. The Labute approximate surface area is 191 Å². The highest BCUT2D eigenvalue weighted by Gasteiger charge is 2.14. The highest BCUT2D eigenvalue weighted by atomic mass is 35.5. The standard InChI is InChI=1S/C26H22ClFN2O2/c1-3-32-25-15-19(14-24(27)23(25)13-18-7-5-8-21(28)12-18)11-20(16-29)26(31)30-22-9-4-6-17(2)10-22/h4-12,14-15H,3,13H2,1-2H3,(H,30,31)/b20-11+. The smallest absolute Gasteiger partial charge is 0.266 e. The van der Waals surface area contributed by atoms with Crippen molar-refractivity contribution in [2.24, 2.45) is 0 Å². The van der Waals surface area contributed by atoms with Crippen LogP contribution in [-0.2, 0) is 11.2 Å². The van der Waals surface area contributed by atoms with Gasteiger partial charge in [-0.1, -0.05) is 35.9 Å². The lowest BCUT2D eigenvalue weighted by Crippen LogP contribution is -2.13. The summed E-state index contributed by atoms with van der Waals surface area (Å²) in [5.74, 6) is -0.322. The van der Waals surface area contributed by atoms with Gasteiger partial charge >= 0.3 is 0 Å². The van der Waals surface area contributed by atoms with Crippen molar-refractivity contribution in [1.82, 2.24) is 0 Å². The number of ether oxygens (including phenoxy) is 1. The molecule has 3 aromatic carbocycles. The molecular formula is C26H22ClFN2O2. The lowest BCUT2D eigenvalue weighted by molar-refractivity contribution is -0.112. The quantitative estimate of drug-likeness (QED) is 0.339. The van der Waals surface area contributed by atoms with E-state index in [2.05, 4.69) is 5.32 Å². The van der Waals surface area contributed by atoms with Gasteiger partial charge in [-0.15, -0.1) is 0 Å². The highest BCUT2D eigenvalue weighted by Crippen LogP contribution is 2.32. The number of hydrogen-bond donors (Lipinski definition) is 1. The van der Waals surface area contributed by atoms with Gasteiger partial charge in [0.2, 0.25) is 0 Å². The van der Waals surface area contributed by atoms with Crippen LogP contribution in [0.3, 0.4) is 0 Å². The maximum Gasteiger partial charge on any atom is 0.266 e. The van der Waals surface area contributed by atoms with Crippen molar-refractivity contribution < 1.29 is 13.9 Å². The van der Waals surface area contributed by atoms with Crippen LogP contribution >= 0.6 is 11.6 Å². The van der Waals surface area contributed by atoms with Crippen LogP contribution in [0.2, 0.25) is 5.02 Å². The topological polar surface area (TPSA) is 62.1 Å². The molecule has 162 valence electrons. The number of nitrogens with zero attached hydrogens (tertiary/aromatic N) is 1. The first kappa shape index (κ1) is 23.1. The van der Waals surface area contributed by atoms with E-state index in [-0.39, 0.29) is 11.4 Å². The first-order valence-corrected chi connectivity index (χ1v) is 10.5. The van der Waals surface area contributed by atoms with E-state index in [1.54, 1.807) is 24.3 Å². The van der Waals surface area contributed by atoms with Gasteiger partial charge in [0, 0.05) is 22.7 Å². The molecule has 3 rings (SSSR count). The van der Waals surface area contributed by atoms with Crippen LogP contribution < -0.4 is 10.1 Å². The molecule has 0 unspecified atom stereocenters. The summed E-state index contributed by atoms with van der Waals surface area (Å²) in [6.45, 7) is 4.16. The number of rotatable bonds is 7. The molecule has 0 aliphatic rings. The molecule has 0 heterocycles. The SMILES string of the molecule is CCOc1cc(/C=C(\C#N)C(=O)Nc2cccc(C)c2)cc(Cl)c1Cc1cccc(F)c1. The third kappa shape index (κ3) is 5.96. The molecule has 1 amide bonds. The predicted octanol–water partition coefficient (Wildman–Crippen LogP) is 6.32. The molecular weight excluding hydrogens is 427 g/mol. The molecule has 0 saturated heterocycles. The summed E-state index contributed by atoms with van der Waals surface area (Å²) in [7, 11) is 0. The van der Waals surface area contributed by atoms with E-state index in [0.29, 0.717) is 40.6 Å². The summed E-state index contributed by atoms with van der Waals surface area (Å²) in [4.78, 5) is 12.6. The summed E-state index contributed by atoms with van der Waals surface area (Å²) in [5, 5.41) is 12.7. The van der Waals surface area contributed by atoms with E-state index in [1.165, 1.54) is 18.2 Å². The molecule has 6 heteroatoms. The van der Waals surface area contributed by atoms with E-state index in [9.17, 15) is 14.4 Å². The first-order chi connectivity index (χ1) is 15.4. The summed E-state index contributed by atoms with van der Waals surface area (Å²) in [6, 6.07) is 18.9. The van der Waals surface area contributed by atoms with Crippen molar-refractivity contribution in [3.05, 3.63) is 99.3 Å². The van der Waals surface area contributed by atoms with Crippen molar-refractivity contribution in [2.75, 3.05) is 11.9 Å². The Morgan fingerprint density at radius 1 is 1.19 bits per heavy atom. The van der Waals surface area contributed by atoms with Gasteiger partial charge in [0.15, 0.2) is 0 Å². The minimum absolute atomic E-state index is 0.0668. The molecule has 0 fully saturated rings. The number of aryl methyl sites for hydroxylation is 1. The van der Waals surface area contributed by atoms with Crippen LogP contribution in [-0.4, -0.2) is 12.5 Å². The fourth-order valence-corrected chi connectivity index (χ4v) is 3.54. The molecule has 0 bridgehead atoms. The van der Waals surface area contributed by atoms with E-state index < -0.39 is 5.91 Å². The summed E-state index contributed by atoms with van der Waals surface area (Å²) < 4.78 is 19.3. The normalized spacial score (nSPS) is 11.0. The third-order valence-corrected chi connectivity index (χ3v) is 5.04. The van der Waals surface area contributed by atoms with Gasteiger partial charge in [0.25, 0.3) is 5.91 Å². The Kier molecular flexibility index (Phi) is 7.64. The number of nitriles is 1. The molecule has 1 N–H and O–H groups in total. The number of benzene rings is 3. The van der Waals surface area contributed by atoms with E-state index >= 15 is 0 Å². The van der Waals surface area contributed by atoms with Gasteiger partial charge in [0.1, 0.15) is 23.2 Å². The minimum atomic E-state index is -0.518. The second kappa shape index (κ2) is 10.6. The highest BCUT2D eigenvalue weighted by molar-refractivity contribution is 6.31. The van der Waals surface area contributed by atoms with Crippen LogP contribution in [0.4, 0.5) is 10.1 Å². The van der Waals surface area contributed by atoms with Gasteiger partial charge < -0.3 is 10.1 Å². The third-order valence-electron chi connectivity index (χ3n) is 4.70. The van der Waals surface area contributed by atoms with Gasteiger partial charge in [-0.05, 0) is 73.0 Å². The van der Waals surface area contributed by atoms with E-state index in [1.807, 2.05) is 44.2 Å². The fraction of sp³-hybridized carbons (Fsp3) is 0.154. The predicted molar refractivity (Wildman–Crippen MR) is 125 cm³/mol. The maximum absolute atomic E-state index is 13.6. The number of nitrogens with one attached hydrogen (secondary N) is 1. The number of anilines is 1. The lowest BCUT2D eigenvalue weighted by atomic mass is 10.0. The van der Waals surface area contributed by atoms with Crippen LogP contribution in [0.5, 0.6) is 5.75 Å². The molecule has 32 heavy (non-hydrogen) atoms. The number of carbonyl (C=O) groups excluding carboxylic acids is 1. The second-order valence-corrected chi connectivity index (χ2v) is 7.62. The molecule has 3 aromatic rings. The second-order valence-electron chi connectivity index (χ2n) is 7.21. The Morgan fingerprint density at radius 2 is 1.97 bits per heavy atom. The van der Waals surface area contributed by atoms with Crippen molar-refractivity contribution >= 4 is 29.3 Å². The summed E-state index contributed by atoms with van der Waals surface area (Å²) in [6.07, 6.45) is 1.85. The zero-order chi connectivity index (χ0) is 23.1. The van der Waals surface area contributed by atoms with Crippen molar-refractivity contribution in [3.63, 3.8) is 0 Å². The Morgan fingerprint density at radius 3 is 2.66 bits per heavy atom. The number of hydrogen-bond acceptors (Lipinski definition) is 3. The largest absolute Gasteiger partial charge is 0.494 e. The Balaban J connectivity index is 1.91. The van der Waals surface area contributed by atoms with Crippen molar-refractivity contribution in [2.45, 2.75) is 20.3 Å². The molecule has 0 aliphatic carbocycles. The number of halogens is 2. The molecule has 0 spiro atoms. The fourth-order valence-electron chi connectivity index (χ4n) is 3.26. The molecule has 0 radical (unpaired) electrons. The zero-order valence-electron chi connectivity index (χ0n) is 17.8. The molecule has 4 nitrogen and oxygen atoms in total. The first-order valence-electron chi connectivity index (χ1n) is 10.1. The molecule has 0 atom stereocenters. The van der Waals surface area contributed by atoms with Crippen LogP contribution in [0.15, 0.2) is 66.2 Å². The van der Waals surface area contributed by atoms with Crippen LogP contribution in [0.1, 0.15) is 29.2 Å². The van der Waals surface area contributed by atoms with Crippen LogP contribution in [0, 0.1) is 24.1 Å². The summed E-state index contributed by atoms with van der Waals surface area (Å²) in [5.41, 5.74) is 3.55. The average molecular weight is 449 g/mol. The van der Waals surface area contributed by atoms with Gasteiger partial charge in [-0.3, -0.25) is 4.79 Å². The lowest BCUT2D eigenvalue weighted by Gasteiger charge is -2.14. The number of carbonyl (C=O) groups is 1. The zero-order valence-corrected chi connectivity index (χ0v) is 18.5. The molecule has 0 aromatic heterocycles. The van der Waals surface area contributed by atoms with Gasteiger partial charge in [0.05, 0.1) is 6.61 Å². The van der Waals surface area contributed by atoms with Crippen LogP contribution in [0.25, 0.3) is 6.08 Å². The maximum atomic E-state index is 13.6. The Bertz CT molecular complexity index is 1210. The molecule has 0 saturated carbocycles. The van der Waals surface area contributed by atoms with Gasteiger partial charge in [-0.2, -0.15) is 5.26 Å². The average Bonchev–Trinajstić information content (AvgIpc) is 2.74. The summed E-state index contributed by atoms with van der Waals surface area (Å²) >= 11 is 6.53.